The zero-order valence-corrected chi connectivity index (χ0v) is 16.5. The fourth-order valence-electron chi connectivity index (χ4n) is 4.20. The first-order valence-electron chi connectivity index (χ1n) is 10.0. The second kappa shape index (κ2) is 9.34. The van der Waals surface area contributed by atoms with Crippen LogP contribution >= 0.6 is 0 Å². The summed E-state index contributed by atoms with van der Waals surface area (Å²) < 4.78 is 6.12. The largest absolute Gasteiger partial charge is 0.376 e. The molecule has 3 atom stereocenters. The molecule has 0 N–H and O–H groups in total. The minimum atomic E-state index is 0.477. The Labute approximate surface area is 159 Å². The Morgan fingerprint density at radius 1 is 0.885 bits per heavy atom. The number of hydrogen-bond acceptors (Lipinski definition) is 2. The van der Waals surface area contributed by atoms with Crippen LogP contribution in [-0.2, 0) is 11.3 Å². The van der Waals surface area contributed by atoms with E-state index in [0.717, 1.165) is 31.6 Å². The van der Waals surface area contributed by atoms with Crippen molar-refractivity contribution >= 4 is 0 Å². The normalized spacial score (nSPS) is 22.0. The molecule has 3 rings (SSSR count). The second-order valence-corrected chi connectivity index (χ2v) is 8.19. The van der Waals surface area contributed by atoms with Crippen LogP contribution in [0.2, 0.25) is 0 Å². The van der Waals surface area contributed by atoms with Crippen LogP contribution in [0.15, 0.2) is 60.7 Å². The highest BCUT2D eigenvalue weighted by Crippen LogP contribution is 2.34. The van der Waals surface area contributed by atoms with Crippen molar-refractivity contribution in [2.75, 3.05) is 19.7 Å². The molecule has 0 aromatic heterocycles. The molecule has 0 spiro atoms. The minimum Gasteiger partial charge on any atom is -0.376 e. The van der Waals surface area contributed by atoms with Crippen molar-refractivity contribution in [1.82, 2.24) is 4.90 Å². The summed E-state index contributed by atoms with van der Waals surface area (Å²) in [5.41, 5.74) is 2.68. The Kier molecular flexibility index (Phi) is 6.87. The van der Waals surface area contributed by atoms with Gasteiger partial charge in [-0.15, -0.1) is 0 Å². The second-order valence-electron chi connectivity index (χ2n) is 8.19. The Morgan fingerprint density at radius 3 is 2.15 bits per heavy atom. The molecule has 140 valence electrons. The van der Waals surface area contributed by atoms with Crippen LogP contribution in [0, 0.1) is 17.8 Å². The van der Waals surface area contributed by atoms with E-state index < -0.39 is 0 Å². The van der Waals surface area contributed by atoms with Gasteiger partial charge in [0.2, 0.25) is 0 Å². The third kappa shape index (κ3) is 5.18. The van der Waals surface area contributed by atoms with Gasteiger partial charge in [0.05, 0.1) is 13.2 Å². The summed E-state index contributed by atoms with van der Waals surface area (Å²) in [6.07, 6.45) is 1.29. The number of likely N-dealkylation sites (tertiary alicyclic amines) is 1. The number of nitrogens with zero attached hydrogens (tertiary/aromatic N) is 1. The molecule has 2 heteroatoms. The first kappa shape index (κ1) is 19.1. The molecule has 1 aliphatic heterocycles. The van der Waals surface area contributed by atoms with Crippen LogP contribution in [0.5, 0.6) is 0 Å². The third-order valence-corrected chi connectivity index (χ3v) is 5.65. The Balaban J connectivity index is 1.59. The monoisotopic (exact) mass is 351 g/mol. The van der Waals surface area contributed by atoms with Crippen LogP contribution in [0.1, 0.15) is 44.4 Å². The van der Waals surface area contributed by atoms with E-state index in [1.807, 2.05) is 0 Å². The highest BCUT2D eigenvalue weighted by molar-refractivity contribution is 5.19. The number of benzene rings is 2. The van der Waals surface area contributed by atoms with Gasteiger partial charge in [0, 0.05) is 19.1 Å². The molecule has 0 unspecified atom stereocenters. The van der Waals surface area contributed by atoms with Crippen molar-refractivity contribution in [2.45, 2.75) is 39.8 Å². The van der Waals surface area contributed by atoms with Gasteiger partial charge in [-0.25, -0.2) is 0 Å². The summed E-state index contributed by atoms with van der Waals surface area (Å²) >= 11 is 0. The lowest BCUT2D eigenvalue weighted by molar-refractivity contribution is 0.0736. The molecule has 2 aromatic rings. The van der Waals surface area contributed by atoms with Crippen molar-refractivity contribution in [1.29, 1.82) is 0 Å². The highest BCUT2D eigenvalue weighted by atomic mass is 16.5. The summed E-state index contributed by atoms with van der Waals surface area (Å²) in [5.74, 6) is 2.10. The summed E-state index contributed by atoms with van der Waals surface area (Å²) in [6, 6.07) is 21.9. The molecule has 2 nitrogen and oxygen atoms in total. The molecule has 1 heterocycles. The lowest BCUT2D eigenvalue weighted by Crippen LogP contribution is -2.25. The highest BCUT2D eigenvalue weighted by Gasteiger charge is 2.35. The molecular formula is C24H33NO. The van der Waals surface area contributed by atoms with Crippen LogP contribution in [0.3, 0.4) is 0 Å². The van der Waals surface area contributed by atoms with Crippen LogP contribution in [0.25, 0.3) is 0 Å². The zero-order chi connectivity index (χ0) is 18.4. The van der Waals surface area contributed by atoms with E-state index in [2.05, 4.69) is 86.3 Å². The molecule has 0 saturated carbocycles. The van der Waals surface area contributed by atoms with Gasteiger partial charge in [-0.3, -0.25) is 4.90 Å². The van der Waals surface area contributed by atoms with Gasteiger partial charge in [0.1, 0.15) is 0 Å². The number of rotatable bonds is 8. The SMILES string of the molecule is CC(C)C[C@H]1CN([C@@H](C)c2ccccc2)C[C@@H]1COCc1ccccc1. The van der Waals surface area contributed by atoms with Gasteiger partial charge in [0.25, 0.3) is 0 Å². The number of hydrogen-bond donors (Lipinski definition) is 0. The van der Waals surface area contributed by atoms with Gasteiger partial charge in [-0.1, -0.05) is 74.5 Å². The standard InChI is InChI=1S/C24H33NO/c1-19(2)14-23-15-25(20(3)22-12-8-5-9-13-22)16-24(23)18-26-17-21-10-6-4-7-11-21/h4-13,19-20,23-24H,14-18H2,1-3H3/t20-,23-,24+/m0/s1. The lowest BCUT2D eigenvalue weighted by atomic mass is 9.89. The van der Waals surface area contributed by atoms with E-state index in [-0.39, 0.29) is 0 Å². The molecule has 1 saturated heterocycles. The fraction of sp³-hybridized carbons (Fsp3) is 0.500. The van der Waals surface area contributed by atoms with E-state index in [1.54, 1.807) is 0 Å². The maximum atomic E-state index is 6.12. The van der Waals surface area contributed by atoms with Gasteiger partial charge in [-0.2, -0.15) is 0 Å². The lowest BCUT2D eigenvalue weighted by Gasteiger charge is -2.25. The molecular weight excluding hydrogens is 318 g/mol. The Morgan fingerprint density at radius 2 is 1.50 bits per heavy atom. The summed E-state index contributed by atoms with van der Waals surface area (Å²) in [7, 11) is 0. The van der Waals surface area contributed by atoms with Crippen molar-refractivity contribution in [3.05, 3.63) is 71.8 Å². The molecule has 0 amide bonds. The van der Waals surface area contributed by atoms with Gasteiger partial charge in [0.15, 0.2) is 0 Å². The minimum absolute atomic E-state index is 0.477. The molecule has 1 aliphatic rings. The summed E-state index contributed by atoms with van der Waals surface area (Å²) in [4.78, 5) is 2.65. The molecule has 0 aliphatic carbocycles. The van der Waals surface area contributed by atoms with Crippen LogP contribution in [-0.4, -0.2) is 24.6 Å². The molecule has 2 aromatic carbocycles. The van der Waals surface area contributed by atoms with Crippen molar-refractivity contribution in [3.63, 3.8) is 0 Å². The average Bonchev–Trinajstić information content (AvgIpc) is 3.05. The summed E-state index contributed by atoms with van der Waals surface area (Å²) in [5, 5.41) is 0. The zero-order valence-electron chi connectivity index (χ0n) is 16.5. The van der Waals surface area contributed by atoms with E-state index in [0.29, 0.717) is 12.0 Å². The molecule has 0 bridgehead atoms. The maximum absolute atomic E-state index is 6.12. The predicted octanol–water partition coefficient (Wildman–Crippen LogP) is 5.56. The van der Waals surface area contributed by atoms with Gasteiger partial charge < -0.3 is 4.74 Å². The molecule has 1 fully saturated rings. The first-order valence-corrected chi connectivity index (χ1v) is 10.0. The first-order chi connectivity index (χ1) is 12.6. The predicted molar refractivity (Wildman–Crippen MR) is 109 cm³/mol. The van der Waals surface area contributed by atoms with E-state index in [1.165, 1.54) is 24.1 Å². The summed E-state index contributed by atoms with van der Waals surface area (Å²) in [6.45, 7) is 10.9. The third-order valence-electron chi connectivity index (χ3n) is 5.65. The van der Waals surface area contributed by atoms with Crippen molar-refractivity contribution in [3.8, 4) is 0 Å². The van der Waals surface area contributed by atoms with E-state index in [9.17, 15) is 0 Å². The van der Waals surface area contributed by atoms with Gasteiger partial charge >= 0.3 is 0 Å². The van der Waals surface area contributed by atoms with Crippen molar-refractivity contribution < 1.29 is 4.74 Å². The smallest absolute Gasteiger partial charge is 0.0717 e. The van der Waals surface area contributed by atoms with Crippen molar-refractivity contribution in [2.24, 2.45) is 17.8 Å². The number of ether oxygens (including phenoxy) is 1. The quantitative estimate of drug-likeness (QED) is 0.617. The molecule has 0 radical (unpaired) electrons. The Bertz CT molecular complexity index is 640. The average molecular weight is 352 g/mol. The van der Waals surface area contributed by atoms with Crippen LogP contribution in [0.4, 0.5) is 0 Å². The maximum Gasteiger partial charge on any atom is 0.0717 e. The van der Waals surface area contributed by atoms with E-state index in [4.69, 9.17) is 4.74 Å². The van der Waals surface area contributed by atoms with Gasteiger partial charge in [-0.05, 0) is 42.2 Å². The van der Waals surface area contributed by atoms with Crippen LogP contribution < -0.4 is 0 Å². The van der Waals surface area contributed by atoms with E-state index >= 15 is 0 Å². The Hall–Kier alpha value is -1.64. The topological polar surface area (TPSA) is 12.5 Å². The fourth-order valence-corrected chi connectivity index (χ4v) is 4.20. The molecule has 26 heavy (non-hydrogen) atoms.